The van der Waals surface area contributed by atoms with E-state index in [1.165, 1.54) is 14.2 Å². The van der Waals surface area contributed by atoms with Gasteiger partial charge in [0.15, 0.2) is 0 Å². The van der Waals surface area contributed by atoms with Crippen LogP contribution in [0.2, 0.25) is 0 Å². The molecule has 0 aliphatic rings. The van der Waals surface area contributed by atoms with Gasteiger partial charge < -0.3 is 14.4 Å². The van der Waals surface area contributed by atoms with Gasteiger partial charge in [-0.05, 0) is 13.3 Å². The van der Waals surface area contributed by atoms with Crippen LogP contribution in [-0.2, 0) is 0 Å². The molecule has 0 radical (unpaired) electrons. The lowest BCUT2D eigenvalue weighted by Crippen LogP contribution is -2.26. The molecule has 1 aromatic heterocycles. The molecule has 0 aromatic carbocycles. The molecule has 1 rings (SSSR count). The highest BCUT2D eigenvalue weighted by atomic mass is 35.5. The van der Waals surface area contributed by atoms with Gasteiger partial charge in [0, 0.05) is 19.0 Å². The van der Waals surface area contributed by atoms with Crippen molar-refractivity contribution in [2.75, 3.05) is 38.1 Å². The summed E-state index contributed by atoms with van der Waals surface area (Å²) >= 11 is 5.68. The summed E-state index contributed by atoms with van der Waals surface area (Å²) in [6.07, 6.45) is 0.867. The Labute approximate surface area is 106 Å². The average molecular weight is 261 g/mol. The van der Waals surface area contributed by atoms with Crippen LogP contribution in [0.25, 0.3) is 0 Å². The predicted molar refractivity (Wildman–Crippen MR) is 66.2 cm³/mol. The van der Waals surface area contributed by atoms with Crippen LogP contribution in [0.3, 0.4) is 0 Å². The molecular formula is C10H17ClN4O2. The normalized spacial score (nSPS) is 10.1. The highest BCUT2D eigenvalue weighted by Crippen LogP contribution is 2.16. The average Bonchev–Trinajstić information content (AvgIpc) is 2.39. The van der Waals surface area contributed by atoms with E-state index in [2.05, 4.69) is 15.0 Å². The highest BCUT2D eigenvalue weighted by molar-refractivity contribution is 6.17. The van der Waals surface area contributed by atoms with E-state index in [1.54, 1.807) is 0 Å². The van der Waals surface area contributed by atoms with Crippen LogP contribution < -0.4 is 14.4 Å². The topological polar surface area (TPSA) is 60.4 Å². The Hall–Kier alpha value is -1.30. The highest BCUT2D eigenvalue weighted by Gasteiger charge is 2.12. The molecule has 0 aliphatic heterocycles. The van der Waals surface area contributed by atoms with Crippen molar-refractivity contribution in [3.63, 3.8) is 0 Å². The number of hydrogen-bond donors (Lipinski definition) is 0. The van der Waals surface area contributed by atoms with Crippen LogP contribution >= 0.6 is 11.6 Å². The molecule has 0 aliphatic carbocycles. The second kappa shape index (κ2) is 7.11. The van der Waals surface area contributed by atoms with Gasteiger partial charge in [-0.2, -0.15) is 9.97 Å². The van der Waals surface area contributed by atoms with Gasteiger partial charge in [0.1, 0.15) is 0 Å². The third-order valence-corrected chi connectivity index (χ3v) is 2.44. The first kappa shape index (κ1) is 13.8. The minimum atomic E-state index is 0.246. The van der Waals surface area contributed by atoms with Crippen molar-refractivity contribution >= 4 is 17.5 Å². The number of hydrogen-bond acceptors (Lipinski definition) is 6. The van der Waals surface area contributed by atoms with E-state index >= 15 is 0 Å². The lowest BCUT2D eigenvalue weighted by molar-refractivity contribution is 0.340. The molecular weight excluding hydrogens is 244 g/mol. The number of nitrogens with zero attached hydrogens (tertiary/aromatic N) is 4. The van der Waals surface area contributed by atoms with Gasteiger partial charge in [-0.25, -0.2) is 0 Å². The zero-order chi connectivity index (χ0) is 12.7. The van der Waals surface area contributed by atoms with Gasteiger partial charge in [-0.15, -0.1) is 16.6 Å². The van der Waals surface area contributed by atoms with Crippen LogP contribution in [-0.4, -0.2) is 48.1 Å². The number of rotatable bonds is 7. The molecule has 0 saturated carbocycles. The third-order valence-electron chi connectivity index (χ3n) is 2.17. The summed E-state index contributed by atoms with van der Waals surface area (Å²) in [7, 11) is 3.02. The zero-order valence-corrected chi connectivity index (χ0v) is 11.1. The zero-order valence-electron chi connectivity index (χ0n) is 10.3. The lowest BCUT2D eigenvalue weighted by atomic mass is 10.4. The van der Waals surface area contributed by atoms with Gasteiger partial charge >= 0.3 is 12.0 Å². The van der Waals surface area contributed by atoms with E-state index in [1.807, 2.05) is 11.8 Å². The maximum absolute atomic E-state index is 5.68. The summed E-state index contributed by atoms with van der Waals surface area (Å²) in [4.78, 5) is 14.3. The minimum absolute atomic E-state index is 0.246. The molecule has 0 bridgehead atoms. The standard InChI is InChI=1S/C10H17ClN4O2/c1-4-15(7-5-6-11)8-12-9(16-2)14-10(13-8)17-3/h4-7H2,1-3H3. The molecule has 96 valence electrons. The largest absolute Gasteiger partial charge is 0.467 e. The summed E-state index contributed by atoms with van der Waals surface area (Å²) in [5.74, 6) is 1.15. The van der Waals surface area contributed by atoms with Crippen molar-refractivity contribution in [1.82, 2.24) is 15.0 Å². The second-order valence-corrected chi connectivity index (χ2v) is 3.61. The van der Waals surface area contributed by atoms with Crippen LogP contribution in [0.1, 0.15) is 13.3 Å². The van der Waals surface area contributed by atoms with E-state index < -0.39 is 0 Å². The maximum atomic E-state index is 5.68. The first-order valence-electron chi connectivity index (χ1n) is 5.40. The molecule has 0 atom stereocenters. The first-order chi connectivity index (χ1) is 8.24. The molecule has 0 saturated heterocycles. The Kier molecular flexibility index (Phi) is 5.76. The molecule has 7 heteroatoms. The van der Waals surface area contributed by atoms with Gasteiger partial charge in [0.05, 0.1) is 14.2 Å². The van der Waals surface area contributed by atoms with Crippen molar-refractivity contribution in [2.45, 2.75) is 13.3 Å². The summed E-state index contributed by atoms with van der Waals surface area (Å²) in [6, 6.07) is 0.493. The molecule has 1 heterocycles. The summed E-state index contributed by atoms with van der Waals surface area (Å²) in [6.45, 7) is 3.60. The molecule has 6 nitrogen and oxygen atoms in total. The number of ether oxygens (including phenoxy) is 2. The van der Waals surface area contributed by atoms with E-state index in [-0.39, 0.29) is 12.0 Å². The molecule has 1 aromatic rings. The molecule has 0 amide bonds. The number of alkyl halides is 1. The molecule has 0 spiro atoms. The monoisotopic (exact) mass is 260 g/mol. The minimum Gasteiger partial charge on any atom is -0.467 e. The van der Waals surface area contributed by atoms with Crippen LogP contribution in [0.15, 0.2) is 0 Å². The number of halogens is 1. The predicted octanol–water partition coefficient (Wildman–Crippen LogP) is 1.34. The fraction of sp³-hybridized carbons (Fsp3) is 0.700. The van der Waals surface area contributed by atoms with Gasteiger partial charge in [-0.3, -0.25) is 0 Å². The number of aromatic nitrogens is 3. The van der Waals surface area contributed by atoms with E-state index in [0.717, 1.165) is 19.5 Å². The number of methoxy groups -OCH3 is 2. The summed E-state index contributed by atoms with van der Waals surface area (Å²) in [5.41, 5.74) is 0. The summed E-state index contributed by atoms with van der Waals surface area (Å²) < 4.78 is 10.0. The van der Waals surface area contributed by atoms with Crippen molar-refractivity contribution in [3.05, 3.63) is 0 Å². The van der Waals surface area contributed by atoms with Gasteiger partial charge in [-0.1, -0.05) is 0 Å². The van der Waals surface area contributed by atoms with Crippen molar-refractivity contribution in [2.24, 2.45) is 0 Å². The molecule has 0 unspecified atom stereocenters. The fourth-order valence-electron chi connectivity index (χ4n) is 1.30. The smallest absolute Gasteiger partial charge is 0.324 e. The SMILES string of the molecule is CCN(CCCCl)c1nc(OC)nc(OC)n1. The van der Waals surface area contributed by atoms with Crippen molar-refractivity contribution in [1.29, 1.82) is 0 Å². The Morgan fingerprint density at radius 2 is 1.71 bits per heavy atom. The molecule has 17 heavy (non-hydrogen) atoms. The Morgan fingerprint density at radius 3 is 2.12 bits per heavy atom. The van der Waals surface area contributed by atoms with Crippen molar-refractivity contribution in [3.8, 4) is 12.0 Å². The summed E-state index contributed by atoms with van der Waals surface area (Å²) in [5, 5.41) is 0. The number of anilines is 1. The van der Waals surface area contributed by atoms with E-state index in [9.17, 15) is 0 Å². The van der Waals surface area contributed by atoms with Gasteiger partial charge in [0.2, 0.25) is 5.95 Å². The Balaban J connectivity index is 2.92. The Bertz CT molecular complexity index is 329. The van der Waals surface area contributed by atoms with Crippen LogP contribution in [0, 0.1) is 0 Å². The van der Waals surface area contributed by atoms with Gasteiger partial charge in [0.25, 0.3) is 0 Å². The first-order valence-corrected chi connectivity index (χ1v) is 5.93. The van der Waals surface area contributed by atoms with Crippen molar-refractivity contribution < 1.29 is 9.47 Å². The molecule has 0 N–H and O–H groups in total. The molecule has 0 fully saturated rings. The lowest BCUT2D eigenvalue weighted by Gasteiger charge is -2.20. The Morgan fingerprint density at radius 1 is 1.12 bits per heavy atom. The quantitative estimate of drug-likeness (QED) is 0.690. The third kappa shape index (κ3) is 3.89. The van der Waals surface area contributed by atoms with Crippen LogP contribution in [0.4, 0.5) is 5.95 Å². The van der Waals surface area contributed by atoms with E-state index in [4.69, 9.17) is 21.1 Å². The van der Waals surface area contributed by atoms with E-state index in [0.29, 0.717) is 11.8 Å². The van der Waals surface area contributed by atoms with Crippen LogP contribution in [0.5, 0.6) is 12.0 Å². The fourth-order valence-corrected chi connectivity index (χ4v) is 1.42. The second-order valence-electron chi connectivity index (χ2n) is 3.23. The maximum Gasteiger partial charge on any atom is 0.324 e.